The molecule has 0 saturated heterocycles. The van der Waals surface area contributed by atoms with Gasteiger partial charge >= 0.3 is 0 Å². The lowest BCUT2D eigenvalue weighted by molar-refractivity contribution is 0.231. The number of hydrogen-bond donors (Lipinski definition) is 1. The summed E-state index contributed by atoms with van der Waals surface area (Å²) in [6, 6.07) is 6.34. The molecule has 0 unspecified atom stereocenters. The highest BCUT2D eigenvalue weighted by atomic mass is 16.5. The fourth-order valence-electron chi connectivity index (χ4n) is 1.92. The first-order valence-corrected chi connectivity index (χ1v) is 8.77. The molecule has 0 heterocycles. The minimum absolute atomic E-state index is 0.264. The first-order chi connectivity index (χ1) is 10.8. The molecule has 0 bridgehead atoms. The standard InChI is InChI=1S/C17H26O2.C4H10/c1-13(2)15-9-10-17(19-4)16(11-15)8-6-5-7-14(3)12-18;1-4(2)3/h6,8-11,13-14,18H,5,7,12H2,1-4H3;4H,1-3H3/b8-6+;/t14-;/m0./s1. The maximum absolute atomic E-state index is 8.99. The quantitative estimate of drug-likeness (QED) is 0.677. The summed E-state index contributed by atoms with van der Waals surface area (Å²) in [5.74, 6) is 2.64. The van der Waals surface area contributed by atoms with E-state index < -0.39 is 0 Å². The zero-order valence-electron chi connectivity index (χ0n) is 16.1. The summed E-state index contributed by atoms with van der Waals surface area (Å²) < 4.78 is 5.39. The second-order valence-electron chi connectivity index (χ2n) is 7.16. The Labute approximate surface area is 143 Å². The van der Waals surface area contributed by atoms with Gasteiger partial charge < -0.3 is 9.84 Å². The lowest BCUT2D eigenvalue weighted by atomic mass is 9.99. The zero-order chi connectivity index (χ0) is 17.8. The van der Waals surface area contributed by atoms with Gasteiger partial charge in [-0.25, -0.2) is 0 Å². The Morgan fingerprint density at radius 1 is 1.09 bits per heavy atom. The van der Waals surface area contributed by atoms with Crippen molar-refractivity contribution in [3.05, 3.63) is 35.4 Å². The average molecular weight is 321 g/mol. The van der Waals surface area contributed by atoms with Crippen molar-refractivity contribution in [2.24, 2.45) is 11.8 Å². The molecule has 0 aliphatic rings. The van der Waals surface area contributed by atoms with Crippen molar-refractivity contribution in [1.82, 2.24) is 0 Å². The van der Waals surface area contributed by atoms with Gasteiger partial charge in [0, 0.05) is 12.2 Å². The van der Waals surface area contributed by atoms with Crippen LogP contribution in [0.2, 0.25) is 0 Å². The number of aliphatic hydroxyl groups excluding tert-OH is 1. The second-order valence-corrected chi connectivity index (χ2v) is 7.16. The molecule has 1 atom stereocenters. The van der Waals surface area contributed by atoms with Crippen molar-refractivity contribution in [3.63, 3.8) is 0 Å². The van der Waals surface area contributed by atoms with Gasteiger partial charge in [-0.1, -0.05) is 59.8 Å². The van der Waals surface area contributed by atoms with Crippen molar-refractivity contribution in [3.8, 4) is 5.75 Å². The van der Waals surface area contributed by atoms with Crippen LogP contribution in [0, 0.1) is 11.8 Å². The summed E-state index contributed by atoms with van der Waals surface area (Å²) in [4.78, 5) is 0. The molecule has 2 heteroatoms. The van der Waals surface area contributed by atoms with E-state index in [1.165, 1.54) is 5.56 Å². The predicted molar refractivity (Wildman–Crippen MR) is 102 cm³/mol. The smallest absolute Gasteiger partial charge is 0.126 e. The third kappa shape index (κ3) is 10.2. The maximum atomic E-state index is 8.99. The number of ether oxygens (including phenoxy) is 1. The minimum atomic E-state index is 0.264. The van der Waals surface area contributed by atoms with Gasteiger partial charge in [0.15, 0.2) is 0 Å². The van der Waals surface area contributed by atoms with Gasteiger partial charge in [-0.3, -0.25) is 0 Å². The second kappa shape index (κ2) is 12.2. The summed E-state index contributed by atoms with van der Waals surface area (Å²) in [7, 11) is 1.70. The van der Waals surface area contributed by atoms with Crippen LogP contribution in [0.15, 0.2) is 24.3 Å². The Morgan fingerprint density at radius 3 is 2.17 bits per heavy atom. The molecule has 0 saturated carbocycles. The van der Waals surface area contributed by atoms with Crippen molar-refractivity contribution in [2.75, 3.05) is 13.7 Å². The summed E-state index contributed by atoms with van der Waals surface area (Å²) in [6.07, 6.45) is 6.28. The summed E-state index contributed by atoms with van der Waals surface area (Å²) >= 11 is 0. The molecule has 0 aliphatic heterocycles. The Kier molecular flexibility index (Phi) is 11.5. The molecule has 0 amide bonds. The SMILES string of the molecule is CC(C)C.COc1ccc(C(C)C)cc1/C=C/CC[C@H](C)CO. The Morgan fingerprint density at radius 2 is 1.70 bits per heavy atom. The molecular weight excluding hydrogens is 284 g/mol. The van der Waals surface area contributed by atoms with E-state index in [0.29, 0.717) is 11.8 Å². The topological polar surface area (TPSA) is 29.5 Å². The molecule has 1 N–H and O–H groups in total. The number of methoxy groups -OCH3 is 1. The van der Waals surface area contributed by atoms with Gasteiger partial charge in [0.1, 0.15) is 5.75 Å². The molecule has 0 aromatic heterocycles. The van der Waals surface area contributed by atoms with Crippen LogP contribution < -0.4 is 4.74 Å². The predicted octanol–water partition coefficient (Wildman–Crippen LogP) is 5.90. The van der Waals surface area contributed by atoms with E-state index in [4.69, 9.17) is 9.84 Å². The zero-order valence-corrected chi connectivity index (χ0v) is 16.1. The Hall–Kier alpha value is -1.28. The average Bonchev–Trinajstić information content (AvgIpc) is 2.50. The lowest BCUT2D eigenvalue weighted by Gasteiger charge is -2.10. The molecule has 23 heavy (non-hydrogen) atoms. The highest BCUT2D eigenvalue weighted by Gasteiger charge is 2.04. The van der Waals surface area contributed by atoms with E-state index in [1.54, 1.807) is 7.11 Å². The third-order valence-electron chi connectivity index (χ3n) is 3.36. The Bertz CT molecular complexity index is 444. The first kappa shape index (κ1) is 21.7. The van der Waals surface area contributed by atoms with Crippen LogP contribution in [0.5, 0.6) is 5.75 Å². The van der Waals surface area contributed by atoms with E-state index in [9.17, 15) is 0 Å². The Balaban J connectivity index is 0.00000108. The van der Waals surface area contributed by atoms with Crippen LogP contribution in [0.25, 0.3) is 6.08 Å². The molecule has 1 rings (SSSR count). The molecule has 2 nitrogen and oxygen atoms in total. The van der Waals surface area contributed by atoms with Gasteiger partial charge in [0.25, 0.3) is 0 Å². The van der Waals surface area contributed by atoms with Gasteiger partial charge in [-0.15, -0.1) is 0 Å². The number of rotatable bonds is 7. The molecule has 0 aliphatic carbocycles. The first-order valence-electron chi connectivity index (χ1n) is 8.77. The summed E-state index contributed by atoms with van der Waals surface area (Å²) in [6.45, 7) is 13.2. The van der Waals surface area contributed by atoms with Gasteiger partial charge in [-0.05, 0) is 48.3 Å². The van der Waals surface area contributed by atoms with Crippen molar-refractivity contribution < 1.29 is 9.84 Å². The van der Waals surface area contributed by atoms with Crippen LogP contribution in [-0.2, 0) is 0 Å². The molecule has 0 radical (unpaired) electrons. The highest BCUT2D eigenvalue weighted by Crippen LogP contribution is 2.25. The van der Waals surface area contributed by atoms with E-state index in [2.05, 4.69) is 65.8 Å². The fourth-order valence-corrected chi connectivity index (χ4v) is 1.92. The largest absolute Gasteiger partial charge is 0.496 e. The molecule has 1 aromatic rings. The van der Waals surface area contributed by atoms with Gasteiger partial charge in [0.2, 0.25) is 0 Å². The van der Waals surface area contributed by atoms with Crippen molar-refractivity contribution >= 4 is 6.08 Å². The summed E-state index contributed by atoms with van der Waals surface area (Å²) in [5.41, 5.74) is 2.45. The number of benzene rings is 1. The number of aliphatic hydroxyl groups is 1. The third-order valence-corrected chi connectivity index (χ3v) is 3.36. The molecular formula is C21H36O2. The molecule has 0 spiro atoms. The van der Waals surface area contributed by atoms with Crippen LogP contribution >= 0.6 is 0 Å². The fraction of sp³-hybridized carbons (Fsp3) is 0.619. The van der Waals surface area contributed by atoms with Crippen molar-refractivity contribution in [1.29, 1.82) is 0 Å². The van der Waals surface area contributed by atoms with E-state index in [-0.39, 0.29) is 6.61 Å². The number of hydrogen-bond acceptors (Lipinski definition) is 2. The monoisotopic (exact) mass is 320 g/mol. The van der Waals surface area contributed by atoms with Crippen molar-refractivity contribution in [2.45, 2.75) is 60.3 Å². The van der Waals surface area contributed by atoms with E-state index >= 15 is 0 Å². The highest BCUT2D eigenvalue weighted by molar-refractivity contribution is 5.58. The van der Waals surface area contributed by atoms with Crippen LogP contribution in [-0.4, -0.2) is 18.8 Å². The normalized spacial score (nSPS) is 12.4. The molecule has 1 aromatic carbocycles. The lowest BCUT2D eigenvalue weighted by Crippen LogP contribution is -1.98. The summed E-state index contributed by atoms with van der Waals surface area (Å²) in [5, 5.41) is 8.99. The van der Waals surface area contributed by atoms with Crippen LogP contribution in [0.3, 0.4) is 0 Å². The number of allylic oxidation sites excluding steroid dienone is 1. The van der Waals surface area contributed by atoms with E-state index in [0.717, 1.165) is 30.1 Å². The van der Waals surface area contributed by atoms with Gasteiger partial charge in [-0.2, -0.15) is 0 Å². The van der Waals surface area contributed by atoms with E-state index in [1.807, 2.05) is 6.07 Å². The van der Waals surface area contributed by atoms with Gasteiger partial charge in [0.05, 0.1) is 7.11 Å². The van der Waals surface area contributed by atoms with Crippen LogP contribution in [0.4, 0.5) is 0 Å². The van der Waals surface area contributed by atoms with Crippen LogP contribution in [0.1, 0.15) is 71.4 Å². The molecule has 0 fully saturated rings. The minimum Gasteiger partial charge on any atom is -0.496 e. The molecule has 132 valence electrons. The maximum Gasteiger partial charge on any atom is 0.126 e.